The standard InChI is InChI=1S/C25H21F3N2O4S/c1-15(2)17-7-9-20(10-8-17)35(33,34)30-19(13-16-3-5-18(6-4-16)24(31)32)14-21-22(30)11-12-23(29-21)25(26,27)28/h3-12,14-15H,13H2,1-2H3,(H,31,32). The smallest absolute Gasteiger partial charge is 0.433 e. The van der Waals surface area contributed by atoms with Gasteiger partial charge in [0, 0.05) is 12.1 Å². The number of fused-ring (bicyclic) bond motifs is 1. The molecule has 1 N–H and O–H groups in total. The molecule has 0 bridgehead atoms. The summed E-state index contributed by atoms with van der Waals surface area (Å²) in [5.41, 5.74) is 0.559. The van der Waals surface area contributed by atoms with Gasteiger partial charge in [-0.05, 0) is 59.5 Å². The molecule has 0 radical (unpaired) electrons. The van der Waals surface area contributed by atoms with Gasteiger partial charge in [0.25, 0.3) is 10.0 Å². The first-order valence-electron chi connectivity index (χ1n) is 10.6. The summed E-state index contributed by atoms with van der Waals surface area (Å²) < 4.78 is 68.0. The highest BCUT2D eigenvalue weighted by atomic mass is 32.2. The Morgan fingerprint density at radius 1 is 1.00 bits per heavy atom. The zero-order valence-electron chi connectivity index (χ0n) is 18.7. The molecule has 0 aliphatic carbocycles. The van der Waals surface area contributed by atoms with E-state index in [0.717, 1.165) is 21.7 Å². The Morgan fingerprint density at radius 3 is 2.17 bits per heavy atom. The van der Waals surface area contributed by atoms with Gasteiger partial charge >= 0.3 is 12.1 Å². The van der Waals surface area contributed by atoms with E-state index >= 15 is 0 Å². The number of carboxylic acid groups (broad SMARTS) is 1. The van der Waals surface area contributed by atoms with E-state index in [1.807, 2.05) is 13.8 Å². The highest BCUT2D eigenvalue weighted by Gasteiger charge is 2.33. The molecule has 0 aliphatic rings. The van der Waals surface area contributed by atoms with Gasteiger partial charge in [0.05, 0.1) is 21.5 Å². The highest BCUT2D eigenvalue weighted by Crippen LogP contribution is 2.32. The molecule has 10 heteroatoms. The van der Waals surface area contributed by atoms with Crippen molar-refractivity contribution in [2.75, 3.05) is 0 Å². The van der Waals surface area contributed by atoms with Gasteiger partial charge in [0.15, 0.2) is 0 Å². The van der Waals surface area contributed by atoms with Gasteiger partial charge in [0.1, 0.15) is 5.69 Å². The van der Waals surface area contributed by atoms with E-state index in [9.17, 15) is 26.4 Å². The van der Waals surface area contributed by atoms with E-state index in [2.05, 4.69) is 4.98 Å². The Balaban J connectivity index is 1.88. The molecular formula is C25H21F3N2O4S. The lowest BCUT2D eigenvalue weighted by Crippen LogP contribution is -2.16. The van der Waals surface area contributed by atoms with Crippen molar-refractivity contribution in [3.8, 4) is 0 Å². The summed E-state index contributed by atoms with van der Waals surface area (Å²) in [4.78, 5) is 14.8. The third-order valence-electron chi connectivity index (χ3n) is 5.65. The number of carboxylic acids is 1. The molecule has 0 fully saturated rings. The lowest BCUT2D eigenvalue weighted by Gasteiger charge is -2.14. The number of carbonyl (C=O) groups is 1. The molecule has 2 aromatic carbocycles. The number of pyridine rings is 1. The maximum absolute atomic E-state index is 13.7. The fourth-order valence-electron chi connectivity index (χ4n) is 3.79. The number of benzene rings is 2. The molecule has 0 saturated carbocycles. The van der Waals surface area contributed by atoms with Crippen molar-refractivity contribution < 1.29 is 31.5 Å². The fourth-order valence-corrected chi connectivity index (χ4v) is 5.32. The van der Waals surface area contributed by atoms with Crippen molar-refractivity contribution in [3.63, 3.8) is 0 Å². The molecule has 0 unspecified atom stereocenters. The van der Waals surface area contributed by atoms with Gasteiger partial charge in [-0.2, -0.15) is 13.2 Å². The Bertz CT molecular complexity index is 1510. The Kier molecular flexibility index (Phi) is 6.18. The topological polar surface area (TPSA) is 89.3 Å². The molecule has 35 heavy (non-hydrogen) atoms. The van der Waals surface area contributed by atoms with Crippen molar-refractivity contribution in [2.45, 2.75) is 37.3 Å². The summed E-state index contributed by atoms with van der Waals surface area (Å²) in [5.74, 6) is -0.921. The molecule has 4 aromatic rings. The number of halogens is 3. The molecule has 2 aromatic heterocycles. The van der Waals surface area contributed by atoms with Crippen LogP contribution in [-0.4, -0.2) is 28.5 Å². The van der Waals surface area contributed by atoms with E-state index in [1.165, 1.54) is 42.5 Å². The second-order valence-electron chi connectivity index (χ2n) is 8.41. The van der Waals surface area contributed by atoms with E-state index < -0.39 is 27.9 Å². The molecule has 0 aliphatic heterocycles. The Hall–Kier alpha value is -3.66. The first-order valence-corrected chi connectivity index (χ1v) is 12.1. The van der Waals surface area contributed by atoms with E-state index in [1.54, 1.807) is 12.1 Å². The predicted molar refractivity (Wildman–Crippen MR) is 124 cm³/mol. The van der Waals surface area contributed by atoms with Crippen molar-refractivity contribution in [3.05, 3.63) is 94.8 Å². The van der Waals surface area contributed by atoms with Gasteiger partial charge in [-0.1, -0.05) is 38.1 Å². The van der Waals surface area contributed by atoms with Gasteiger partial charge in [-0.3, -0.25) is 0 Å². The number of alkyl halides is 3. The van der Waals surface area contributed by atoms with Crippen LogP contribution in [-0.2, 0) is 22.6 Å². The number of nitrogens with zero attached hydrogens (tertiary/aromatic N) is 2. The zero-order valence-corrected chi connectivity index (χ0v) is 19.6. The second kappa shape index (κ2) is 8.84. The van der Waals surface area contributed by atoms with Gasteiger partial charge in [-0.15, -0.1) is 0 Å². The first kappa shape index (κ1) is 24.5. The van der Waals surface area contributed by atoms with Crippen LogP contribution in [0, 0.1) is 0 Å². The van der Waals surface area contributed by atoms with E-state index in [4.69, 9.17) is 5.11 Å². The largest absolute Gasteiger partial charge is 0.478 e. The fraction of sp³-hybridized carbons (Fsp3) is 0.200. The average Bonchev–Trinajstić information content (AvgIpc) is 3.16. The third-order valence-corrected chi connectivity index (χ3v) is 7.43. The molecular weight excluding hydrogens is 481 g/mol. The van der Waals surface area contributed by atoms with Crippen LogP contribution in [0.4, 0.5) is 13.2 Å². The van der Waals surface area contributed by atoms with Gasteiger partial charge in [0.2, 0.25) is 0 Å². The number of aromatic nitrogens is 2. The van der Waals surface area contributed by atoms with Crippen LogP contribution in [0.25, 0.3) is 11.0 Å². The minimum absolute atomic E-state index is 0.0122. The maximum atomic E-state index is 13.7. The van der Waals surface area contributed by atoms with Crippen LogP contribution in [0.15, 0.2) is 71.6 Å². The minimum Gasteiger partial charge on any atom is -0.478 e. The summed E-state index contributed by atoms with van der Waals surface area (Å²) in [6, 6.07) is 15.3. The molecule has 182 valence electrons. The van der Waals surface area contributed by atoms with Crippen molar-refractivity contribution >= 4 is 27.0 Å². The number of hydrogen-bond acceptors (Lipinski definition) is 4. The quantitative estimate of drug-likeness (QED) is 0.365. The van der Waals surface area contributed by atoms with E-state index in [0.29, 0.717) is 5.56 Å². The molecule has 0 saturated heterocycles. The number of rotatable bonds is 6. The summed E-state index contributed by atoms with van der Waals surface area (Å²) in [6.07, 6.45) is -4.66. The van der Waals surface area contributed by atoms with Crippen LogP contribution in [0.1, 0.15) is 52.6 Å². The monoisotopic (exact) mass is 502 g/mol. The summed E-state index contributed by atoms with van der Waals surface area (Å²) in [6.45, 7) is 3.95. The lowest BCUT2D eigenvalue weighted by molar-refractivity contribution is -0.140. The summed E-state index contributed by atoms with van der Waals surface area (Å²) in [7, 11) is -4.18. The molecule has 0 amide bonds. The van der Waals surface area contributed by atoms with Gasteiger partial charge < -0.3 is 5.11 Å². The maximum Gasteiger partial charge on any atom is 0.433 e. The highest BCUT2D eigenvalue weighted by molar-refractivity contribution is 7.90. The Labute approximate surface area is 199 Å². The molecule has 6 nitrogen and oxygen atoms in total. The lowest BCUT2D eigenvalue weighted by atomic mass is 10.0. The van der Waals surface area contributed by atoms with Crippen molar-refractivity contribution in [1.82, 2.24) is 8.96 Å². The van der Waals surface area contributed by atoms with Crippen LogP contribution >= 0.6 is 0 Å². The van der Waals surface area contributed by atoms with Crippen LogP contribution < -0.4 is 0 Å². The van der Waals surface area contributed by atoms with Crippen LogP contribution in [0.2, 0.25) is 0 Å². The average molecular weight is 503 g/mol. The second-order valence-corrected chi connectivity index (χ2v) is 10.2. The van der Waals surface area contributed by atoms with Crippen molar-refractivity contribution in [1.29, 1.82) is 0 Å². The summed E-state index contributed by atoms with van der Waals surface area (Å²) in [5, 5.41) is 9.10. The minimum atomic E-state index is -4.69. The number of hydrogen-bond donors (Lipinski definition) is 1. The SMILES string of the molecule is CC(C)c1ccc(S(=O)(=O)n2c(Cc3ccc(C(=O)O)cc3)cc3nc(C(F)(F)F)ccc32)cc1. The molecule has 0 spiro atoms. The van der Waals surface area contributed by atoms with Crippen molar-refractivity contribution in [2.24, 2.45) is 0 Å². The third kappa shape index (κ3) is 4.79. The van der Waals surface area contributed by atoms with Gasteiger partial charge in [-0.25, -0.2) is 22.2 Å². The summed E-state index contributed by atoms with van der Waals surface area (Å²) >= 11 is 0. The molecule has 0 atom stereocenters. The predicted octanol–water partition coefficient (Wildman–Crippen LogP) is 5.70. The Morgan fingerprint density at radius 2 is 1.63 bits per heavy atom. The number of aromatic carboxylic acids is 1. The van der Waals surface area contributed by atoms with Crippen LogP contribution in [0.3, 0.4) is 0 Å². The zero-order chi connectivity index (χ0) is 25.5. The molecule has 4 rings (SSSR count). The first-order chi connectivity index (χ1) is 16.4. The normalized spacial score (nSPS) is 12.4. The molecule has 2 heterocycles. The van der Waals surface area contributed by atoms with E-state index in [-0.39, 0.29) is 39.5 Å². The van der Waals surface area contributed by atoms with Crippen LogP contribution in [0.5, 0.6) is 0 Å².